The summed E-state index contributed by atoms with van der Waals surface area (Å²) in [5.41, 5.74) is 1.24. The highest BCUT2D eigenvalue weighted by Crippen LogP contribution is 2.35. The normalized spacial score (nSPS) is 23.5. The van der Waals surface area contributed by atoms with Crippen LogP contribution in [-0.4, -0.2) is 34.9 Å². The molecule has 2 aromatic rings. The van der Waals surface area contributed by atoms with E-state index in [4.69, 9.17) is 0 Å². The van der Waals surface area contributed by atoms with E-state index in [0.717, 1.165) is 6.42 Å². The number of imidazole rings is 1. The van der Waals surface area contributed by atoms with E-state index in [2.05, 4.69) is 16.4 Å². The van der Waals surface area contributed by atoms with E-state index < -0.39 is 10.0 Å². The molecule has 2 aromatic heterocycles. The van der Waals surface area contributed by atoms with Crippen LogP contribution in [0.1, 0.15) is 44.7 Å². The molecule has 1 fully saturated rings. The first-order chi connectivity index (χ1) is 10.4. The van der Waals surface area contributed by atoms with Crippen molar-refractivity contribution < 1.29 is 8.42 Å². The number of thiophene rings is 1. The zero-order chi connectivity index (χ0) is 15.9. The molecule has 2 atom stereocenters. The van der Waals surface area contributed by atoms with Gasteiger partial charge in [0.05, 0.1) is 6.33 Å². The van der Waals surface area contributed by atoms with Crippen LogP contribution in [0.25, 0.3) is 0 Å². The first kappa shape index (κ1) is 15.7. The lowest BCUT2D eigenvalue weighted by molar-refractivity contribution is 0.405. The predicted molar refractivity (Wildman–Crippen MR) is 87.6 cm³/mol. The SMILES string of the molecule is CC1CC(c2ccsc2)CN1S(=O)(=O)c1cn(C(C)C)cn1. The van der Waals surface area contributed by atoms with E-state index in [1.807, 2.05) is 30.7 Å². The van der Waals surface area contributed by atoms with E-state index in [1.54, 1.807) is 28.2 Å². The second-order valence-corrected chi connectivity index (χ2v) is 8.78. The minimum atomic E-state index is -3.52. The minimum absolute atomic E-state index is 0.000833. The van der Waals surface area contributed by atoms with E-state index in [9.17, 15) is 8.42 Å². The van der Waals surface area contributed by atoms with Crippen molar-refractivity contribution in [2.24, 2.45) is 0 Å². The zero-order valence-electron chi connectivity index (χ0n) is 13.0. The van der Waals surface area contributed by atoms with Crippen molar-refractivity contribution in [1.82, 2.24) is 13.9 Å². The average molecular weight is 339 g/mol. The monoisotopic (exact) mass is 339 g/mol. The van der Waals surface area contributed by atoms with Gasteiger partial charge >= 0.3 is 0 Å². The Morgan fingerprint density at radius 1 is 1.41 bits per heavy atom. The van der Waals surface area contributed by atoms with Gasteiger partial charge in [0.25, 0.3) is 10.0 Å². The van der Waals surface area contributed by atoms with Gasteiger partial charge < -0.3 is 4.57 Å². The van der Waals surface area contributed by atoms with Crippen LogP contribution >= 0.6 is 11.3 Å². The van der Waals surface area contributed by atoms with Crippen molar-refractivity contribution in [2.75, 3.05) is 6.54 Å². The van der Waals surface area contributed by atoms with Crippen molar-refractivity contribution in [3.8, 4) is 0 Å². The third kappa shape index (κ3) is 2.73. The van der Waals surface area contributed by atoms with Crippen molar-refractivity contribution in [3.63, 3.8) is 0 Å². The molecule has 0 saturated carbocycles. The summed E-state index contributed by atoms with van der Waals surface area (Å²) in [4.78, 5) is 4.11. The van der Waals surface area contributed by atoms with Crippen LogP contribution in [0.4, 0.5) is 0 Å². The van der Waals surface area contributed by atoms with Gasteiger partial charge in [-0.2, -0.15) is 15.6 Å². The lowest BCUT2D eigenvalue weighted by Crippen LogP contribution is -2.34. The second-order valence-electron chi connectivity index (χ2n) is 6.17. The molecule has 22 heavy (non-hydrogen) atoms. The molecule has 120 valence electrons. The molecule has 1 saturated heterocycles. The fourth-order valence-electron chi connectivity index (χ4n) is 2.94. The Labute approximate surface area is 135 Å². The Morgan fingerprint density at radius 2 is 2.18 bits per heavy atom. The van der Waals surface area contributed by atoms with Crippen LogP contribution in [0.5, 0.6) is 0 Å². The molecule has 0 radical (unpaired) electrons. The van der Waals surface area contributed by atoms with Crippen LogP contribution in [-0.2, 0) is 10.0 Å². The summed E-state index contributed by atoms with van der Waals surface area (Å²) in [5.74, 6) is 0.281. The van der Waals surface area contributed by atoms with Gasteiger partial charge in [-0.15, -0.1) is 0 Å². The number of hydrogen-bond acceptors (Lipinski definition) is 4. The molecule has 3 heterocycles. The number of hydrogen-bond donors (Lipinski definition) is 0. The highest BCUT2D eigenvalue weighted by atomic mass is 32.2. The second kappa shape index (κ2) is 5.79. The van der Waals surface area contributed by atoms with Crippen LogP contribution in [0.3, 0.4) is 0 Å². The highest BCUT2D eigenvalue weighted by Gasteiger charge is 2.39. The lowest BCUT2D eigenvalue weighted by Gasteiger charge is -2.19. The van der Waals surface area contributed by atoms with E-state index in [1.165, 1.54) is 5.56 Å². The summed E-state index contributed by atoms with van der Waals surface area (Å²) in [7, 11) is -3.52. The third-order valence-electron chi connectivity index (χ3n) is 4.28. The van der Waals surface area contributed by atoms with Gasteiger partial charge in [-0.05, 0) is 49.6 Å². The van der Waals surface area contributed by atoms with Crippen LogP contribution in [0.15, 0.2) is 34.4 Å². The number of aromatic nitrogens is 2. The summed E-state index contributed by atoms with van der Waals surface area (Å²) in [5, 5.41) is 4.31. The fraction of sp³-hybridized carbons (Fsp3) is 0.533. The highest BCUT2D eigenvalue weighted by molar-refractivity contribution is 7.89. The van der Waals surface area contributed by atoms with Gasteiger partial charge in [0.2, 0.25) is 0 Å². The minimum Gasteiger partial charge on any atom is -0.334 e. The molecule has 2 unspecified atom stereocenters. The summed E-state index contributed by atoms with van der Waals surface area (Å²) in [6, 6.07) is 2.29. The fourth-order valence-corrected chi connectivity index (χ4v) is 5.29. The Bertz CT molecular complexity index is 735. The van der Waals surface area contributed by atoms with Crippen molar-refractivity contribution in [3.05, 3.63) is 34.9 Å². The van der Waals surface area contributed by atoms with Crippen molar-refractivity contribution >= 4 is 21.4 Å². The van der Waals surface area contributed by atoms with Crippen molar-refractivity contribution in [2.45, 2.75) is 50.2 Å². The van der Waals surface area contributed by atoms with Gasteiger partial charge in [0.1, 0.15) is 0 Å². The molecule has 0 N–H and O–H groups in total. The molecule has 7 heteroatoms. The van der Waals surface area contributed by atoms with Crippen LogP contribution in [0, 0.1) is 0 Å². The Balaban J connectivity index is 1.85. The molecule has 3 rings (SSSR count). The molecular weight excluding hydrogens is 318 g/mol. The zero-order valence-corrected chi connectivity index (χ0v) is 14.6. The van der Waals surface area contributed by atoms with Crippen LogP contribution in [0.2, 0.25) is 0 Å². The van der Waals surface area contributed by atoms with Gasteiger partial charge in [-0.1, -0.05) is 0 Å². The standard InChI is InChI=1S/C15H21N3O2S2/c1-11(2)17-8-15(16-10-17)22(19,20)18-7-14(6-12(18)3)13-4-5-21-9-13/h4-5,8-12,14H,6-7H2,1-3H3. The van der Waals surface area contributed by atoms with Crippen molar-refractivity contribution in [1.29, 1.82) is 0 Å². The lowest BCUT2D eigenvalue weighted by atomic mass is 10.00. The number of nitrogens with zero attached hydrogens (tertiary/aromatic N) is 3. The van der Waals surface area contributed by atoms with E-state index in [0.29, 0.717) is 6.54 Å². The summed E-state index contributed by atoms with van der Waals surface area (Å²) in [6.07, 6.45) is 4.08. The first-order valence-corrected chi connectivity index (χ1v) is 9.85. The molecular formula is C15H21N3O2S2. The molecule has 0 amide bonds. The molecule has 0 bridgehead atoms. The molecule has 1 aliphatic heterocycles. The predicted octanol–water partition coefficient (Wildman–Crippen LogP) is 3.09. The van der Waals surface area contributed by atoms with Gasteiger partial charge in [0.15, 0.2) is 5.03 Å². The Morgan fingerprint density at radius 3 is 2.77 bits per heavy atom. The quantitative estimate of drug-likeness (QED) is 0.860. The van der Waals surface area contributed by atoms with Gasteiger partial charge in [-0.3, -0.25) is 0 Å². The third-order valence-corrected chi connectivity index (χ3v) is 6.85. The molecule has 0 aliphatic carbocycles. The maximum absolute atomic E-state index is 12.8. The summed E-state index contributed by atoms with van der Waals surface area (Å²) >= 11 is 1.66. The maximum Gasteiger partial charge on any atom is 0.262 e. The van der Waals surface area contributed by atoms with Gasteiger partial charge in [-0.25, -0.2) is 13.4 Å². The number of rotatable bonds is 4. The summed E-state index contributed by atoms with van der Waals surface area (Å²) in [6.45, 7) is 6.52. The molecule has 0 aromatic carbocycles. The average Bonchev–Trinajstić information content (AvgIpc) is 3.19. The molecule has 5 nitrogen and oxygen atoms in total. The Hall–Kier alpha value is -1.18. The number of sulfonamides is 1. The maximum atomic E-state index is 12.8. The van der Waals surface area contributed by atoms with Crippen LogP contribution < -0.4 is 0 Å². The smallest absolute Gasteiger partial charge is 0.262 e. The van der Waals surface area contributed by atoms with Gasteiger partial charge in [0, 0.05) is 30.7 Å². The molecule has 1 aliphatic rings. The topological polar surface area (TPSA) is 55.2 Å². The largest absolute Gasteiger partial charge is 0.334 e. The molecule has 0 spiro atoms. The summed E-state index contributed by atoms with van der Waals surface area (Å²) < 4.78 is 29.1. The Kier molecular flexibility index (Phi) is 4.13. The first-order valence-electron chi connectivity index (χ1n) is 7.47. The van der Waals surface area contributed by atoms with E-state index >= 15 is 0 Å². The van der Waals surface area contributed by atoms with E-state index in [-0.39, 0.29) is 23.0 Å².